The Morgan fingerprint density at radius 2 is 1.55 bits per heavy atom. The fourth-order valence-corrected chi connectivity index (χ4v) is 2.30. The monoisotopic (exact) mass is 402 g/mol. The van der Waals surface area contributed by atoms with Gasteiger partial charge in [0, 0.05) is 29.6 Å². The Labute approximate surface area is 167 Å². The first-order chi connectivity index (χ1) is 13.9. The third-order valence-electron chi connectivity index (χ3n) is 3.59. The number of amides is 2. The van der Waals surface area contributed by atoms with Crippen LogP contribution in [-0.4, -0.2) is 45.4 Å². The number of benzene rings is 2. The number of anilines is 2. The van der Waals surface area contributed by atoms with E-state index in [0.29, 0.717) is 22.9 Å². The third kappa shape index (κ3) is 6.73. The van der Waals surface area contributed by atoms with Crippen LogP contribution in [0, 0.1) is 0 Å². The minimum absolute atomic E-state index is 0.176. The molecule has 0 fully saturated rings. The predicted molar refractivity (Wildman–Crippen MR) is 106 cm³/mol. The Bertz CT molecular complexity index is 861. The molecule has 0 saturated heterocycles. The van der Waals surface area contributed by atoms with Crippen LogP contribution in [0.15, 0.2) is 42.5 Å². The molecule has 0 bridgehead atoms. The molecule has 29 heavy (non-hydrogen) atoms. The van der Waals surface area contributed by atoms with Crippen LogP contribution in [0.25, 0.3) is 0 Å². The van der Waals surface area contributed by atoms with Gasteiger partial charge in [0.05, 0.1) is 26.4 Å². The zero-order valence-corrected chi connectivity index (χ0v) is 16.3. The lowest BCUT2D eigenvalue weighted by molar-refractivity contribution is -0.119. The second-order valence-electron chi connectivity index (χ2n) is 5.65. The van der Waals surface area contributed by atoms with Gasteiger partial charge in [-0.1, -0.05) is 6.07 Å². The molecule has 2 aromatic carbocycles. The van der Waals surface area contributed by atoms with E-state index in [1.807, 2.05) is 0 Å². The van der Waals surface area contributed by atoms with Crippen LogP contribution in [-0.2, 0) is 14.3 Å². The maximum Gasteiger partial charge on any atom is 0.411 e. The predicted octanol–water partition coefficient (Wildman–Crippen LogP) is 3.07. The maximum atomic E-state index is 12.2. The number of hydrogen-bond acceptors (Lipinski definition) is 7. The summed E-state index contributed by atoms with van der Waals surface area (Å²) >= 11 is 0. The van der Waals surface area contributed by atoms with Crippen molar-refractivity contribution in [2.45, 2.75) is 6.92 Å². The molecule has 0 radical (unpaired) electrons. The summed E-state index contributed by atoms with van der Waals surface area (Å²) in [6, 6.07) is 11.0. The number of ether oxygens (including phenoxy) is 4. The minimum Gasteiger partial charge on any atom is -0.497 e. The second kappa shape index (κ2) is 10.5. The van der Waals surface area contributed by atoms with E-state index in [2.05, 4.69) is 10.6 Å². The van der Waals surface area contributed by atoms with Crippen molar-refractivity contribution in [2.75, 3.05) is 38.1 Å². The topological polar surface area (TPSA) is 112 Å². The molecule has 0 saturated carbocycles. The lowest BCUT2D eigenvalue weighted by atomic mass is 10.2. The molecule has 0 aromatic heterocycles. The summed E-state index contributed by atoms with van der Waals surface area (Å²) in [7, 11) is 2.99. The third-order valence-corrected chi connectivity index (χ3v) is 3.59. The van der Waals surface area contributed by atoms with E-state index >= 15 is 0 Å². The molecule has 0 spiro atoms. The van der Waals surface area contributed by atoms with Crippen LogP contribution >= 0.6 is 0 Å². The first kappa shape index (κ1) is 21.5. The molecular formula is C20H22N2O7. The van der Waals surface area contributed by atoms with Gasteiger partial charge in [-0.2, -0.15) is 0 Å². The van der Waals surface area contributed by atoms with E-state index < -0.39 is 24.6 Å². The van der Waals surface area contributed by atoms with Crippen molar-refractivity contribution in [1.29, 1.82) is 0 Å². The molecule has 2 rings (SSSR count). The minimum atomic E-state index is -0.712. The average molecular weight is 402 g/mol. The molecule has 154 valence electrons. The smallest absolute Gasteiger partial charge is 0.411 e. The number of rotatable bonds is 8. The van der Waals surface area contributed by atoms with Crippen LogP contribution in [0.2, 0.25) is 0 Å². The standard InChI is InChI=1S/C20H22N2O7/c1-4-28-20(25)22-14-7-5-6-13(8-14)19(24)29-12-18(23)21-15-9-16(26-2)11-17(10-15)27-3/h5-11H,4,12H2,1-3H3,(H,21,23)(H,22,25). The van der Waals surface area contributed by atoms with Crippen LogP contribution in [0.4, 0.5) is 16.2 Å². The van der Waals surface area contributed by atoms with Crippen molar-refractivity contribution in [1.82, 2.24) is 0 Å². The van der Waals surface area contributed by atoms with Crippen LogP contribution in [0.5, 0.6) is 11.5 Å². The summed E-state index contributed by atoms with van der Waals surface area (Å²) in [5, 5.41) is 5.09. The Kier molecular flexibility index (Phi) is 7.84. The summed E-state index contributed by atoms with van der Waals surface area (Å²) in [6.07, 6.45) is -0.633. The van der Waals surface area contributed by atoms with E-state index in [1.54, 1.807) is 37.3 Å². The van der Waals surface area contributed by atoms with Crippen molar-refractivity contribution >= 4 is 29.3 Å². The number of hydrogen-bond donors (Lipinski definition) is 2. The average Bonchev–Trinajstić information content (AvgIpc) is 2.72. The molecular weight excluding hydrogens is 380 g/mol. The first-order valence-electron chi connectivity index (χ1n) is 8.69. The number of nitrogens with one attached hydrogen (secondary N) is 2. The van der Waals surface area contributed by atoms with Gasteiger partial charge < -0.3 is 24.3 Å². The van der Waals surface area contributed by atoms with E-state index in [1.165, 1.54) is 26.4 Å². The summed E-state index contributed by atoms with van der Waals surface area (Å²) in [4.78, 5) is 35.7. The van der Waals surface area contributed by atoms with Crippen LogP contribution in [0.1, 0.15) is 17.3 Å². The molecule has 0 heterocycles. The molecule has 0 aliphatic rings. The van der Waals surface area contributed by atoms with E-state index in [4.69, 9.17) is 18.9 Å². The van der Waals surface area contributed by atoms with E-state index in [0.717, 1.165) is 0 Å². The maximum absolute atomic E-state index is 12.2. The van der Waals surface area contributed by atoms with Crippen molar-refractivity contribution < 1.29 is 33.3 Å². The van der Waals surface area contributed by atoms with Crippen molar-refractivity contribution in [3.63, 3.8) is 0 Å². The van der Waals surface area contributed by atoms with Crippen molar-refractivity contribution in [2.24, 2.45) is 0 Å². The SMILES string of the molecule is CCOC(=O)Nc1cccc(C(=O)OCC(=O)Nc2cc(OC)cc(OC)c2)c1. The quantitative estimate of drug-likeness (QED) is 0.653. The van der Waals surface area contributed by atoms with Crippen molar-refractivity contribution in [3.8, 4) is 11.5 Å². The lowest BCUT2D eigenvalue weighted by Crippen LogP contribution is -2.21. The second-order valence-corrected chi connectivity index (χ2v) is 5.65. The Morgan fingerprint density at radius 1 is 0.862 bits per heavy atom. The normalized spacial score (nSPS) is 9.90. The van der Waals surface area contributed by atoms with Crippen molar-refractivity contribution in [3.05, 3.63) is 48.0 Å². The van der Waals surface area contributed by atoms with Gasteiger partial charge in [0.1, 0.15) is 11.5 Å². The molecule has 0 aliphatic carbocycles. The highest BCUT2D eigenvalue weighted by molar-refractivity contribution is 5.96. The summed E-state index contributed by atoms with van der Waals surface area (Å²) in [6.45, 7) is 1.41. The van der Waals surface area contributed by atoms with Crippen LogP contribution < -0.4 is 20.1 Å². The Balaban J connectivity index is 1.93. The zero-order valence-electron chi connectivity index (χ0n) is 16.3. The van der Waals surface area contributed by atoms with E-state index in [-0.39, 0.29) is 12.2 Å². The van der Waals surface area contributed by atoms with Gasteiger partial charge in [-0.15, -0.1) is 0 Å². The zero-order chi connectivity index (χ0) is 21.2. The molecule has 2 aromatic rings. The van der Waals surface area contributed by atoms with Gasteiger partial charge in [0.25, 0.3) is 5.91 Å². The highest BCUT2D eigenvalue weighted by Gasteiger charge is 2.13. The van der Waals surface area contributed by atoms with Gasteiger partial charge in [0.2, 0.25) is 0 Å². The number of esters is 1. The molecule has 0 atom stereocenters. The van der Waals surface area contributed by atoms with Gasteiger partial charge in [0.15, 0.2) is 6.61 Å². The molecule has 9 nitrogen and oxygen atoms in total. The molecule has 9 heteroatoms. The first-order valence-corrected chi connectivity index (χ1v) is 8.69. The number of methoxy groups -OCH3 is 2. The van der Waals surface area contributed by atoms with Gasteiger partial charge in [-0.3, -0.25) is 10.1 Å². The fourth-order valence-electron chi connectivity index (χ4n) is 2.30. The molecule has 0 unspecified atom stereocenters. The molecule has 2 N–H and O–H groups in total. The molecule has 2 amide bonds. The summed E-state index contributed by atoms with van der Waals surface area (Å²) in [5.41, 5.74) is 0.976. The van der Waals surface area contributed by atoms with Gasteiger partial charge in [-0.25, -0.2) is 9.59 Å². The van der Waals surface area contributed by atoms with Gasteiger partial charge >= 0.3 is 12.1 Å². The Hall–Kier alpha value is -3.75. The number of carbonyl (C=O) groups is 3. The number of carbonyl (C=O) groups excluding carboxylic acids is 3. The highest BCUT2D eigenvalue weighted by Crippen LogP contribution is 2.25. The largest absolute Gasteiger partial charge is 0.497 e. The fraction of sp³-hybridized carbons (Fsp3) is 0.250. The van der Waals surface area contributed by atoms with Gasteiger partial charge in [-0.05, 0) is 25.1 Å². The molecule has 0 aliphatic heterocycles. The summed E-state index contributed by atoms with van der Waals surface area (Å²) in [5.74, 6) is -0.240. The Morgan fingerprint density at radius 3 is 2.17 bits per heavy atom. The lowest BCUT2D eigenvalue weighted by Gasteiger charge is -2.10. The van der Waals surface area contributed by atoms with Crippen LogP contribution in [0.3, 0.4) is 0 Å². The highest BCUT2D eigenvalue weighted by atomic mass is 16.5. The summed E-state index contributed by atoms with van der Waals surface area (Å²) < 4.78 is 20.1. The van der Waals surface area contributed by atoms with E-state index in [9.17, 15) is 14.4 Å².